The topological polar surface area (TPSA) is 65.5 Å². The highest BCUT2D eigenvalue weighted by atomic mass is 127. The largest absolute Gasteiger partial charge is 0.352 e. The van der Waals surface area contributed by atoms with Gasteiger partial charge in [0.25, 0.3) is 0 Å². The lowest BCUT2D eigenvalue weighted by Gasteiger charge is -2.23. The fourth-order valence-corrected chi connectivity index (χ4v) is 1.44. The first kappa shape index (κ1) is 19.6. The number of carbonyl (C=O) groups excluding carboxylic acids is 1. The molecule has 0 radical (unpaired) electrons. The summed E-state index contributed by atoms with van der Waals surface area (Å²) < 4.78 is 12.7. The number of guanidine groups is 1. The summed E-state index contributed by atoms with van der Waals surface area (Å²) >= 11 is 0. The van der Waals surface area contributed by atoms with Crippen LogP contribution in [0.15, 0.2) is 29.3 Å². The number of anilines is 1. The molecule has 0 saturated carbocycles. The maximum absolute atomic E-state index is 12.7. The SMILES string of the molecule is CN=C(NCC(=O)Nc1ccc(F)cc1)NC(C)(C)C.I. The summed E-state index contributed by atoms with van der Waals surface area (Å²) in [7, 11) is 1.64. The van der Waals surface area contributed by atoms with Crippen LogP contribution in [-0.2, 0) is 4.79 Å². The van der Waals surface area contributed by atoms with Crippen molar-refractivity contribution < 1.29 is 9.18 Å². The number of hydrogen-bond acceptors (Lipinski definition) is 2. The van der Waals surface area contributed by atoms with Gasteiger partial charge < -0.3 is 16.0 Å². The lowest BCUT2D eigenvalue weighted by molar-refractivity contribution is -0.115. The van der Waals surface area contributed by atoms with Crippen molar-refractivity contribution >= 4 is 41.5 Å². The maximum atomic E-state index is 12.7. The highest BCUT2D eigenvalue weighted by molar-refractivity contribution is 14.0. The minimum Gasteiger partial charge on any atom is -0.352 e. The van der Waals surface area contributed by atoms with Gasteiger partial charge in [0, 0.05) is 18.3 Å². The van der Waals surface area contributed by atoms with Crippen molar-refractivity contribution in [2.45, 2.75) is 26.3 Å². The van der Waals surface area contributed by atoms with Gasteiger partial charge in [-0.3, -0.25) is 9.79 Å². The molecule has 0 aliphatic carbocycles. The molecule has 0 fully saturated rings. The van der Waals surface area contributed by atoms with Crippen molar-refractivity contribution in [3.63, 3.8) is 0 Å². The van der Waals surface area contributed by atoms with E-state index in [2.05, 4.69) is 20.9 Å². The molecule has 1 amide bonds. The Kier molecular flexibility index (Phi) is 8.23. The second-order valence-corrected chi connectivity index (χ2v) is 5.36. The summed E-state index contributed by atoms with van der Waals surface area (Å²) in [6, 6.07) is 5.61. The predicted molar refractivity (Wildman–Crippen MR) is 94.7 cm³/mol. The molecular formula is C14H22FIN4O. The van der Waals surface area contributed by atoms with Crippen LogP contribution in [-0.4, -0.2) is 31.0 Å². The third kappa shape index (κ3) is 8.49. The fraction of sp³-hybridized carbons (Fsp3) is 0.429. The molecule has 0 aliphatic heterocycles. The van der Waals surface area contributed by atoms with Crippen molar-refractivity contribution in [3.05, 3.63) is 30.1 Å². The van der Waals surface area contributed by atoms with Crippen LogP contribution >= 0.6 is 24.0 Å². The number of hydrogen-bond donors (Lipinski definition) is 3. The number of benzene rings is 1. The number of rotatable bonds is 3. The number of nitrogens with zero attached hydrogens (tertiary/aromatic N) is 1. The Labute approximate surface area is 141 Å². The Morgan fingerprint density at radius 1 is 1.24 bits per heavy atom. The van der Waals surface area contributed by atoms with E-state index >= 15 is 0 Å². The molecule has 5 nitrogen and oxygen atoms in total. The minimum atomic E-state index is -0.337. The molecule has 7 heteroatoms. The van der Waals surface area contributed by atoms with Crippen LogP contribution in [0.3, 0.4) is 0 Å². The molecule has 0 aromatic heterocycles. The van der Waals surface area contributed by atoms with Gasteiger partial charge in [0.05, 0.1) is 6.54 Å². The molecule has 1 aromatic rings. The van der Waals surface area contributed by atoms with Crippen LogP contribution in [0.1, 0.15) is 20.8 Å². The molecule has 0 unspecified atom stereocenters. The maximum Gasteiger partial charge on any atom is 0.243 e. The van der Waals surface area contributed by atoms with Crippen molar-refractivity contribution in [2.75, 3.05) is 18.9 Å². The van der Waals surface area contributed by atoms with Gasteiger partial charge in [0.15, 0.2) is 5.96 Å². The Morgan fingerprint density at radius 3 is 2.29 bits per heavy atom. The quantitative estimate of drug-likeness (QED) is 0.409. The predicted octanol–water partition coefficient (Wildman–Crippen LogP) is 2.35. The van der Waals surface area contributed by atoms with Crippen LogP contribution in [0.25, 0.3) is 0 Å². The van der Waals surface area contributed by atoms with Crippen LogP contribution in [0.2, 0.25) is 0 Å². The van der Waals surface area contributed by atoms with Gasteiger partial charge in [-0.15, -0.1) is 24.0 Å². The normalized spacial score (nSPS) is 11.4. The van der Waals surface area contributed by atoms with Gasteiger partial charge in [-0.05, 0) is 45.0 Å². The second kappa shape index (κ2) is 8.81. The Balaban J connectivity index is 0.00000400. The van der Waals surface area contributed by atoms with Gasteiger partial charge in [-0.2, -0.15) is 0 Å². The third-order valence-corrected chi connectivity index (χ3v) is 2.26. The van der Waals surface area contributed by atoms with Gasteiger partial charge in [-0.25, -0.2) is 4.39 Å². The molecule has 0 bridgehead atoms. The Bertz CT molecular complexity index is 483. The molecule has 1 rings (SSSR count). The number of nitrogens with one attached hydrogen (secondary N) is 3. The molecule has 0 saturated heterocycles. The van der Waals surface area contributed by atoms with Crippen LogP contribution in [0.4, 0.5) is 10.1 Å². The summed E-state index contributed by atoms with van der Waals surface area (Å²) in [5.74, 6) is -0.0175. The van der Waals surface area contributed by atoms with Crippen molar-refractivity contribution in [3.8, 4) is 0 Å². The van der Waals surface area contributed by atoms with Crippen molar-refractivity contribution in [1.82, 2.24) is 10.6 Å². The summed E-state index contributed by atoms with van der Waals surface area (Å²) in [4.78, 5) is 15.8. The van der Waals surface area contributed by atoms with Crippen LogP contribution < -0.4 is 16.0 Å². The summed E-state index contributed by atoms with van der Waals surface area (Å²) in [5.41, 5.74) is 0.409. The van der Waals surface area contributed by atoms with E-state index in [9.17, 15) is 9.18 Å². The van der Waals surface area contributed by atoms with Gasteiger partial charge in [0.2, 0.25) is 5.91 Å². The first-order valence-corrected chi connectivity index (χ1v) is 6.34. The van der Waals surface area contributed by atoms with Gasteiger partial charge >= 0.3 is 0 Å². The molecular weight excluding hydrogens is 386 g/mol. The third-order valence-electron chi connectivity index (χ3n) is 2.26. The zero-order chi connectivity index (χ0) is 15.2. The summed E-state index contributed by atoms with van der Waals surface area (Å²) in [6.07, 6.45) is 0. The molecule has 3 N–H and O–H groups in total. The van der Waals surface area contributed by atoms with E-state index in [1.165, 1.54) is 24.3 Å². The van der Waals surface area contributed by atoms with Crippen molar-refractivity contribution in [1.29, 1.82) is 0 Å². The monoisotopic (exact) mass is 408 g/mol. The van der Waals surface area contributed by atoms with Crippen molar-refractivity contribution in [2.24, 2.45) is 4.99 Å². The van der Waals surface area contributed by atoms with Gasteiger partial charge in [0.1, 0.15) is 5.82 Å². The van der Waals surface area contributed by atoms with Crippen LogP contribution in [0.5, 0.6) is 0 Å². The fourth-order valence-electron chi connectivity index (χ4n) is 1.44. The van der Waals surface area contributed by atoms with E-state index in [0.717, 1.165) is 0 Å². The summed E-state index contributed by atoms with van der Waals surface area (Å²) in [5, 5.41) is 8.71. The number of amides is 1. The molecule has 0 atom stereocenters. The first-order valence-electron chi connectivity index (χ1n) is 6.34. The van der Waals surface area contributed by atoms with E-state index in [1.54, 1.807) is 7.05 Å². The molecule has 0 spiro atoms. The van der Waals surface area contributed by atoms with E-state index < -0.39 is 0 Å². The smallest absolute Gasteiger partial charge is 0.243 e. The molecule has 1 aromatic carbocycles. The molecule has 21 heavy (non-hydrogen) atoms. The summed E-state index contributed by atoms with van der Waals surface area (Å²) in [6.45, 7) is 6.07. The zero-order valence-corrected chi connectivity index (χ0v) is 15.0. The average Bonchev–Trinajstić information content (AvgIpc) is 2.36. The van der Waals surface area contributed by atoms with E-state index in [1.807, 2.05) is 20.8 Å². The van der Waals surface area contributed by atoms with E-state index in [-0.39, 0.29) is 47.8 Å². The Hall–Kier alpha value is -1.38. The minimum absolute atomic E-state index is 0. The average molecular weight is 408 g/mol. The van der Waals surface area contributed by atoms with E-state index in [4.69, 9.17) is 0 Å². The molecule has 0 aliphatic rings. The Morgan fingerprint density at radius 2 is 1.81 bits per heavy atom. The molecule has 118 valence electrons. The second-order valence-electron chi connectivity index (χ2n) is 5.36. The standard InChI is InChI=1S/C14H21FN4O.HI/c1-14(2,3)19-13(16-4)17-9-12(20)18-11-7-5-10(15)6-8-11;/h5-8H,9H2,1-4H3,(H,18,20)(H2,16,17,19);1H. The number of carbonyl (C=O) groups is 1. The van der Waals surface area contributed by atoms with Crippen LogP contribution in [0, 0.1) is 5.82 Å². The highest BCUT2D eigenvalue weighted by Gasteiger charge is 2.12. The highest BCUT2D eigenvalue weighted by Crippen LogP contribution is 2.07. The first-order chi connectivity index (χ1) is 9.30. The lowest BCUT2D eigenvalue weighted by atomic mass is 10.1. The molecule has 0 heterocycles. The number of halogens is 2. The number of aliphatic imine (C=N–C) groups is 1. The van der Waals surface area contributed by atoms with E-state index in [0.29, 0.717) is 11.6 Å². The van der Waals surface area contributed by atoms with Gasteiger partial charge in [-0.1, -0.05) is 0 Å². The zero-order valence-electron chi connectivity index (χ0n) is 12.7. The lowest BCUT2D eigenvalue weighted by Crippen LogP contribution is -2.49.